The van der Waals surface area contributed by atoms with Crippen molar-refractivity contribution in [3.05, 3.63) is 70.7 Å². The summed E-state index contributed by atoms with van der Waals surface area (Å²) in [5, 5.41) is 1.85. The lowest BCUT2D eigenvalue weighted by atomic mass is 9.96. The number of aryl methyl sites for hydroxylation is 2. The van der Waals surface area contributed by atoms with Gasteiger partial charge in [0.2, 0.25) is 5.69 Å². The minimum atomic E-state index is -2.47. The van der Waals surface area contributed by atoms with Crippen molar-refractivity contribution in [3.63, 3.8) is 0 Å². The maximum atomic E-state index is 8.57. The van der Waals surface area contributed by atoms with E-state index in [0.29, 0.717) is 22.4 Å². The summed E-state index contributed by atoms with van der Waals surface area (Å²) in [6.07, 6.45) is 0. The van der Waals surface area contributed by atoms with Crippen LogP contribution in [0.4, 0.5) is 5.69 Å². The molecule has 0 N–H and O–H groups in total. The number of fused-ring (bicyclic) bond motifs is 3. The van der Waals surface area contributed by atoms with Gasteiger partial charge in [0.15, 0.2) is 11.4 Å². The lowest BCUT2D eigenvalue weighted by Crippen LogP contribution is -2.35. The molecule has 0 saturated heterocycles. The van der Waals surface area contributed by atoms with Gasteiger partial charge in [0, 0.05) is 35.3 Å². The summed E-state index contributed by atoms with van der Waals surface area (Å²) in [7, 11) is 1.92. The predicted molar refractivity (Wildman–Crippen MR) is 110 cm³/mol. The van der Waals surface area contributed by atoms with Crippen LogP contribution in [0.3, 0.4) is 0 Å². The van der Waals surface area contributed by atoms with Crippen molar-refractivity contribution < 1.29 is 14.5 Å². The van der Waals surface area contributed by atoms with Crippen molar-refractivity contribution in [2.45, 2.75) is 33.5 Å². The van der Waals surface area contributed by atoms with Crippen LogP contribution >= 0.6 is 0 Å². The highest BCUT2D eigenvalue weighted by Gasteiger charge is 2.23. The van der Waals surface area contributed by atoms with Crippen LogP contribution < -0.4 is 4.57 Å². The second-order valence-electron chi connectivity index (χ2n) is 6.98. The molecule has 134 valence electrons. The van der Waals surface area contributed by atoms with Crippen LogP contribution in [-0.2, 0) is 7.05 Å². The standard InChI is InChI=1S/C24H23N2O/c1-14(2)17-11-16(4)26(6)21(12-17)23-15(3)7-9-20-19-10-8-18(25-5)13-22(19)27-24(20)23/h7-14H,1-4,6H3/q+1/i1D3,14D. The van der Waals surface area contributed by atoms with Crippen molar-refractivity contribution in [1.29, 1.82) is 0 Å². The van der Waals surface area contributed by atoms with Gasteiger partial charge in [-0.15, -0.1) is 0 Å². The van der Waals surface area contributed by atoms with E-state index in [0.717, 1.165) is 33.3 Å². The second-order valence-corrected chi connectivity index (χ2v) is 6.98. The zero-order chi connectivity index (χ0) is 22.7. The molecule has 0 amide bonds. The summed E-state index contributed by atoms with van der Waals surface area (Å²) < 4.78 is 40.3. The van der Waals surface area contributed by atoms with Gasteiger partial charge in [0.25, 0.3) is 0 Å². The molecule has 0 aliphatic carbocycles. The Morgan fingerprint density at radius 1 is 1.15 bits per heavy atom. The maximum absolute atomic E-state index is 8.57. The number of aromatic nitrogens is 1. The molecule has 2 aromatic heterocycles. The Morgan fingerprint density at radius 3 is 2.67 bits per heavy atom. The van der Waals surface area contributed by atoms with E-state index >= 15 is 0 Å². The molecule has 2 heterocycles. The third kappa shape index (κ3) is 2.69. The molecule has 0 aliphatic heterocycles. The van der Waals surface area contributed by atoms with E-state index < -0.39 is 12.7 Å². The Labute approximate surface area is 165 Å². The average Bonchev–Trinajstić information content (AvgIpc) is 3.06. The molecule has 4 rings (SSSR count). The first-order chi connectivity index (χ1) is 14.5. The van der Waals surface area contributed by atoms with Crippen molar-refractivity contribution in [3.8, 4) is 11.3 Å². The van der Waals surface area contributed by atoms with Gasteiger partial charge >= 0.3 is 0 Å². The fourth-order valence-electron chi connectivity index (χ4n) is 3.57. The van der Waals surface area contributed by atoms with Gasteiger partial charge in [-0.2, -0.15) is 4.57 Å². The van der Waals surface area contributed by atoms with Gasteiger partial charge in [-0.1, -0.05) is 38.0 Å². The molecule has 0 radical (unpaired) electrons. The number of nitrogens with zero attached hydrogens (tertiary/aromatic N) is 2. The smallest absolute Gasteiger partial charge is 0.216 e. The van der Waals surface area contributed by atoms with Gasteiger partial charge in [-0.25, -0.2) is 4.85 Å². The highest BCUT2D eigenvalue weighted by molar-refractivity contribution is 6.10. The number of hydrogen-bond donors (Lipinski definition) is 0. The first-order valence-electron chi connectivity index (χ1n) is 10.8. The van der Waals surface area contributed by atoms with Crippen LogP contribution in [0.1, 0.15) is 42.0 Å². The number of benzene rings is 2. The number of hydrogen-bond acceptors (Lipinski definition) is 1. The average molecular weight is 359 g/mol. The third-order valence-electron chi connectivity index (χ3n) is 5.20. The maximum Gasteiger partial charge on any atom is 0.216 e. The first kappa shape index (κ1) is 13.1. The molecule has 4 aromatic rings. The molecule has 27 heavy (non-hydrogen) atoms. The summed E-state index contributed by atoms with van der Waals surface area (Å²) >= 11 is 0. The quantitative estimate of drug-likeness (QED) is 0.301. The summed E-state index contributed by atoms with van der Waals surface area (Å²) in [5.41, 5.74) is 5.72. The van der Waals surface area contributed by atoms with Gasteiger partial charge < -0.3 is 4.42 Å². The normalized spacial score (nSPS) is 16.3. The minimum Gasteiger partial charge on any atom is -0.456 e. The van der Waals surface area contributed by atoms with Crippen LogP contribution in [0.2, 0.25) is 0 Å². The Morgan fingerprint density at radius 2 is 1.93 bits per heavy atom. The molecule has 0 bridgehead atoms. The molecule has 2 aromatic carbocycles. The number of furan rings is 1. The molecule has 1 unspecified atom stereocenters. The highest BCUT2D eigenvalue weighted by Crippen LogP contribution is 2.38. The largest absolute Gasteiger partial charge is 0.456 e. The van der Waals surface area contributed by atoms with Gasteiger partial charge in [0.05, 0.1) is 12.1 Å². The van der Waals surface area contributed by atoms with Crippen LogP contribution in [-0.4, -0.2) is 0 Å². The van der Waals surface area contributed by atoms with E-state index in [9.17, 15) is 0 Å². The molecular weight excluding hydrogens is 332 g/mol. The molecule has 1 atom stereocenters. The molecule has 3 heteroatoms. The first-order valence-corrected chi connectivity index (χ1v) is 8.80. The zero-order valence-corrected chi connectivity index (χ0v) is 15.8. The highest BCUT2D eigenvalue weighted by atomic mass is 16.3. The third-order valence-corrected chi connectivity index (χ3v) is 5.20. The number of pyridine rings is 1. The Balaban J connectivity index is 2.07. The lowest BCUT2D eigenvalue weighted by molar-refractivity contribution is -0.666. The summed E-state index contributed by atoms with van der Waals surface area (Å²) in [6.45, 7) is 10.1. The number of rotatable bonds is 2. The van der Waals surface area contributed by atoms with Gasteiger partial charge in [0.1, 0.15) is 18.2 Å². The Hall–Kier alpha value is -3.12. The molecular formula is C24H23N2O+. The zero-order valence-electron chi connectivity index (χ0n) is 19.8. The lowest BCUT2D eigenvalue weighted by Gasteiger charge is -2.11. The second kappa shape index (κ2) is 6.25. The Bertz CT molecular complexity index is 1390. The van der Waals surface area contributed by atoms with Crippen molar-refractivity contribution in [1.82, 2.24) is 0 Å². The van der Waals surface area contributed by atoms with Crippen LogP contribution in [0, 0.1) is 20.4 Å². The fourth-order valence-corrected chi connectivity index (χ4v) is 3.57. The topological polar surface area (TPSA) is 21.4 Å². The molecule has 3 nitrogen and oxygen atoms in total. The molecule has 0 saturated carbocycles. The van der Waals surface area contributed by atoms with Gasteiger partial charge in [-0.3, -0.25) is 0 Å². The molecule has 0 fully saturated rings. The molecule has 0 spiro atoms. The van der Waals surface area contributed by atoms with Crippen molar-refractivity contribution >= 4 is 27.6 Å². The van der Waals surface area contributed by atoms with E-state index in [2.05, 4.69) is 4.85 Å². The van der Waals surface area contributed by atoms with Crippen LogP contribution in [0.5, 0.6) is 0 Å². The predicted octanol–water partition coefficient (Wildman–Crippen LogP) is 6.37. The van der Waals surface area contributed by atoms with Crippen molar-refractivity contribution in [2.75, 3.05) is 0 Å². The van der Waals surface area contributed by atoms with E-state index in [1.54, 1.807) is 24.3 Å². The molecule has 0 aliphatic rings. The van der Waals surface area contributed by atoms with E-state index in [-0.39, 0.29) is 0 Å². The van der Waals surface area contributed by atoms with E-state index in [1.165, 1.54) is 6.92 Å². The summed E-state index contributed by atoms with van der Waals surface area (Å²) in [6, 6.07) is 13.0. The van der Waals surface area contributed by atoms with E-state index in [1.807, 2.05) is 43.7 Å². The fraction of sp³-hybridized carbons (Fsp3) is 0.250. The van der Waals surface area contributed by atoms with Crippen LogP contribution in [0.15, 0.2) is 46.9 Å². The van der Waals surface area contributed by atoms with E-state index in [4.69, 9.17) is 16.5 Å². The SMILES string of the molecule is [2H]C([2H])([2H])C([2H])(C)c1cc(C)[n+](C)c(-c2c(C)ccc3c2oc2cc([N+]#[C-])ccc23)c1. The summed E-state index contributed by atoms with van der Waals surface area (Å²) in [5.74, 6) is -1.75. The minimum absolute atomic E-state index is 0.431. The van der Waals surface area contributed by atoms with Gasteiger partial charge in [-0.05, 0) is 30.0 Å². The monoisotopic (exact) mass is 359 g/mol. The van der Waals surface area contributed by atoms with Crippen LogP contribution in [0.25, 0.3) is 38.0 Å². The van der Waals surface area contributed by atoms with Crippen molar-refractivity contribution in [2.24, 2.45) is 7.05 Å². The Kier molecular flexibility index (Phi) is 3.03. The summed E-state index contributed by atoms with van der Waals surface area (Å²) in [4.78, 5) is 3.49.